The Morgan fingerprint density at radius 2 is 1.64 bits per heavy atom. The Labute approximate surface area is 129 Å². The van der Waals surface area contributed by atoms with Gasteiger partial charge in [0.25, 0.3) is 0 Å². The predicted molar refractivity (Wildman–Crippen MR) is 83.1 cm³/mol. The van der Waals surface area contributed by atoms with E-state index in [2.05, 4.69) is 30.5 Å². The fourth-order valence-corrected chi connectivity index (χ4v) is 2.16. The Balaban J connectivity index is 2.72. The zero-order valence-corrected chi connectivity index (χ0v) is 13.4. The van der Waals surface area contributed by atoms with Crippen molar-refractivity contribution in [3.05, 3.63) is 41.1 Å². The Kier molecular flexibility index (Phi) is 4.17. The molecule has 0 aliphatic heterocycles. The number of aromatic nitrogens is 1. The predicted octanol–water partition coefficient (Wildman–Crippen LogP) is 3.11. The van der Waals surface area contributed by atoms with E-state index in [-0.39, 0.29) is 16.7 Å². The normalized spacial score (nSPS) is 11.3. The third kappa shape index (κ3) is 2.93. The second-order valence-corrected chi connectivity index (χ2v) is 6.03. The molecule has 0 radical (unpaired) electrons. The van der Waals surface area contributed by atoms with E-state index >= 15 is 0 Å². The summed E-state index contributed by atoms with van der Waals surface area (Å²) >= 11 is 0. The van der Waals surface area contributed by atoms with E-state index in [9.17, 15) is 9.59 Å². The molecular formula is C17H19NO4. The molecular weight excluding hydrogens is 282 g/mol. The highest BCUT2D eigenvalue weighted by Crippen LogP contribution is 2.27. The number of fused-ring (bicyclic) bond motifs is 1. The highest BCUT2D eigenvalue weighted by atomic mass is 16.5. The van der Waals surface area contributed by atoms with Gasteiger partial charge >= 0.3 is 11.9 Å². The zero-order valence-electron chi connectivity index (χ0n) is 13.4. The molecule has 0 unspecified atom stereocenters. The van der Waals surface area contributed by atoms with E-state index in [0.29, 0.717) is 5.52 Å². The number of nitrogens with zero attached hydrogens (tertiary/aromatic N) is 1. The molecule has 0 saturated heterocycles. The molecule has 1 aromatic heterocycles. The van der Waals surface area contributed by atoms with Gasteiger partial charge < -0.3 is 9.47 Å². The zero-order chi connectivity index (χ0) is 16.5. The number of pyridine rings is 1. The standard InChI is InChI=1S/C17H19NO4/c1-17(2,3)11-6-7-13-10(8-11)9-12(15(19)21-4)14(18-13)16(20)22-5/h6-9H,1-5H3. The summed E-state index contributed by atoms with van der Waals surface area (Å²) < 4.78 is 9.42. The molecule has 0 spiro atoms. The van der Waals surface area contributed by atoms with Crippen LogP contribution in [0, 0.1) is 0 Å². The lowest BCUT2D eigenvalue weighted by atomic mass is 9.86. The molecule has 0 N–H and O–H groups in total. The minimum atomic E-state index is -0.665. The molecule has 2 rings (SSSR count). The van der Waals surface area contributed by atoms with Crippen molar-refractivity contribution in [3.8, 4) is 0 Å². The van der Waals surface area contributed by atoms with Crippen molar-refractivity contribution < 1.29 is 19.1 Å². The number of hydrogen-bond donors (Lipinski definition) is 0. The largest absolute Gasteiger partial charge is 0.465 e. The summed E-state index contributed by atoms with van der Waals surface area (Å²) in [6.07, 6.45) is 0. The Morgan fingerprint density at radius 3 is 2.18 bits per heavy atom. The minimum Gasteiger partial charge on any atom is -0.465 e. The SMILES string of the molecule is COC(=O)c1cc2cc(C(C)(C)C)ccc2nc1C(=O)OC. The lowest BCUT2D eigenvalue weighted by molar-refractivity contribution is 0.0550. The summed E-state index contributed by atoms with van der Waals surface area (Å²) in [6.45, 7) is 6.31. The molecule has 0 saturated carbocycles. The molecule has 0 aliphatic carbocycles. The summed E-state index contributed by atoms with van der Waals surface area (Å²) in [5.74, 6) is -1.28. The quantitative estimate of drug-likeness (QED) is 0.797. The van der Waals surface area contributed by atoms with Crippen LogP contribution in [0.5, 0.6) is 0 Å². The van der Waals surface area contributed by atoms with Crippen LogP contribution in [0.1, 0.15) is 47.2 Å². The van der Waals surface area contributed by atoms with Gasteiger partial charge in [0.1, 0.15) is 0 Å². The van der Waals surface area contributed by atoms with Crippen molar-refractivity contribution in [2.24, 2.45) is 0 Å². The topological polar surface area (TPSA) is 65.5 Å². The number of carbonyl (C=O) groups is 2. The summed E-state index contributed by atoms with van der Waals surface area (Å²) in [6, 6.07) is 7.39. The van der Waals surface area contributed by atoms with Crippen molar-refractivity contribution in [2.75, 3.05) is 14.2 Å². The average Bonchev–Trinajstić information content (AvgIpc) is 2.50. The van der Waals surface area contributed by atoms with Crippen LogP contribution >= 0.6 is 0 Å². The molecule has 1 heterocycles. The van der Waals surface area contributed by atoms with E-state index in [1.807, 2.05) is 18.2 Å². The first-order valence-corrected chi connectivity index (χ1v) is 6.90. The summed E-state index contributed by atoms with van der Waals surface area (Å²) in [5, 5.41) is 0.778. The van der Waals surface area contributed by atoms with Crippen molar-refractivity contribution in [1.29, 1.82) is 0 Å². The van der Waals surface area contributed by atoms with Crippen molar-refractivity contribution in [1.82, 2.24) is 4.98 Å². The molecule has 116 valence electrons. The van der Waals surface area contributed by atoms with E-state index in [1.54, 1.807) is 6.07 Å². The smallest absolute Gasteiger partial charge is 0.357 e. The average molecular weight is 301 g/mol. The number of hydrogen-bond acceptors (Lipinski definition) is 5. The number of carbonyl (C=O) groups excluding carboxylic acids is 2. The Hall–Kier alpha value is -2.43. The van der Waals surface area contributed by atoms with E-state index in [1.165, 1.54) is 14.2 Å². The molecule has 0 amide bonds. The maximum absolute atomic E-state index is 11.9. The van der Waals surface area contributed by atoms with Crippen LogP contribution in [0.15, 0.2) is 24.3 Å². The van der Waals surface area contributed by atoms with Crippen molar-refractivity contribution >= 4 is 22.8 Å². The number of ether oxygens (including phenoxy) is 2. The van der Waals surface area contributed by atoms with Crippen LogP contribution in [0.25, 0.3) is 10.9 Å². The molecule has 0 atom stereocenters. The number of rotatable bonds is 2. The molecule has 0 aliphatic rings. The van der Waals surface area contributed by atoms with Crippen molar-refractivity contribution in [2.45, 2.75) is 26.2 Å². The minimum absolute atomic E-state index is 0.0271. The van der Waals surface area contributed by atoms with Crippen LogP contribution in [-0.2, 0) is 14.9 Å². The van der Waals surface area contributed by atoms with Gasteiger partial charge in [0, 0.05) is 5.39 Å². The van der Waals surface area contributed by atoms with Crippen LogP contribution in [0.2, 0.25) is 0 Å². The molecule has 22 heavy (non-hydrogen) atoms. The lowest BCUT2D eigenvalue weighted by Crippen LogP contribution is -2.15. The maximum atomic E-state index is 11.9. The second kappa shape index (κ2) is 5.75. The van der Waals surface area contributed by atoms with Crippen LogP contribution in [0.3, 0.4) is 0 Å². The van der Waals surface area contributed by atoms with Crippen LogP contribution in [0.4, 0.5) is 0 Å². The number of methoxy groups -OCH3 is 2. The first kappa shape index (κ1) is 15.9. The first-order chi connectivity index (χ1) is 10.3. The van der Waals surface area contributed by atoms with Gasteiger partial charge in [0.2, 0.25) is 0 Å². The molecule has 2 aromatic rings. The number of benzene rings is 1. The van der Waals surface area contributed by atoms with Gasteiger partial charge in [-0.15, -0.1) is 0 Å². The molecule has 5 heteroatoms. The Bertz CT molecular complexity index is 744. The third-order valence-electron chi connectivity index (χ3n) is 3.46. The van der Waals surface area contributed by atoms with Gasteiger partial charge in [-0.2, -0.15) is 0 Å². The Morgan fingerprint density at radius 1 is 1.00 bits per heavy atom. The summed E-state index contributed by atoms with van der Waals surface area (Å²) in [4.78, 5) is 28.0. The monoisotopic (exact) mass is 301 g/mol. The van der Waals surface area contributed by atoms with E-state index in [0.717, 1.165) is 10.9 Å². The van der Waals surface area contributed by atoms with Gasteiger partial charge in [-0.05, 0) is 29.2 Å². The van der Waals surface area contributed by atoms with Crippen molar-refractivity contribution in [3.63, 3.8) is 0 Å². The van der Waals surface area contributed by atoms with Crippen LogP contribution in [-0.4, -0.2) is 31.1 Å². The highest BCUT2D eigenvalue weighted by molar-refractivity contribution is 6.04. The maximum Gasteiger partial charge on any atom is 0.357 e. The molecule has 0 fully saturated rings. The second-order valence-electron chi connectivity index (χ2n) is 6.03. The van der Waals surface area contributed by atoms with Gasteiger partial charge in [0.15, 0.2) is 5.69 Å². The fourth-order valence-electron chi connectivity index (χ4n) is 2.16. The van der Waals surface area contributed by atoms with Gasteiger partial charge in [0.05, 0.1) is 25.3 Å². The molecule has 1 aromatic carbocycles. The highest BCUT2D eigenvalue weighted by Gasteiger charge is 2.22. The lowest BCUT2D eigenvalue weighted by Gasteiger charge is -2.19. The summed E-state index contributed by atoms with van der Waals surface area (Å²) in [5.41, 5.74) is 1.78. The molecule has 0 bridgehead atoms. The van der Waals surface area contributed by atoms with Gasteiger partial charge in [-0.25, -0.2) is 14.6 Å². The van der Waals surface area contributed by atoms with Gasteiger partial charge in [-0.1, -0.05) is 26.8 Å². The fraction of sp³-hybridized carbons (Fsp3) is 0.353. The third-order valence-corrected chi connectivity index (χ3v) is 3.46. The number of esters is 2. The van der Waals surface area contributed by atoms with E-state index < -0.39 is 11.9 Å². The van der Waals surface area contributed by atoms with E-state index in [4.69, 9.17) is 4.74 Å². The first-order valence-electron chi connectivity index (χ1n) is 6.90. The summed E-state index contributed by atoms with van der Waals surface area (Å²) in [7, 11) is 2.51. The van der Waals surface area contributed by atoms with Crippen LogP contribution < -0.4 is 0 Å². The molecule has 5 nitrogen and oxygen atoms in total. The van der Waals surface area contributed by atoms with Gasteiger partial charge in [-0.3, -0.25) is 0 Å².